The van der Waals surface area contributed by atoms with Gasteiger partial charge in [-0.25, -0.2) is 0 Å². The zero-order chi connectivity index (χ0) is 14.4. The number of hydrogen-bond donors (Lipinski definition) is 1. The van der Waals surface area contributed by atoms with Crippen molar-refractivity contribution in [2.75, 3.05) is 26.7 Å². The molecule has 0 aliphatic heterocycles. The van der Waals surface area contributed by atoms with Crippen LogP contribution in [-0.2, 0) is 11.3 Å². The lowest BCUT2D eigenvalue weighted by atomic mass is 10.2. The highest BCUT2D eigenvalue weighted by Gasteiger charge is 2.30. The molecule has 4 nitrogen and oxygen atoms in total. The minimum atomic E-state index is 0.196. The molecule has 0 bridgehead atoms. The van der Waals surface area contributed by atoms with E-state index in [-0.39, 0.29) is 5.91 Å². The Morgan fingerprint density at radius 2 is 2.00 bits per heavy atom. The van der Waals surface area contributed by atoms with Crippen LogP contribution in [0.25, 0.3) is 0 Å². The van der Waals surface area contributed by atoms with Crippen molar-refractivity contribution in [3.05, 3.63) is 35.9 Å². The fourth-order valence-corrected chi connectivity index (χ4v) is 2.32. The molecule has 0 spiro atoms. The topological polar surface area (TPSA) is 49.6 Å². The molecule has 0 radical (unpaired) electrons. The van der Waals surface area contributed by atoms with Gasteiger partial charge in [-0.3, -0.25) is 9.69 Å². The third-order valence-electron chi connectivity index (χ3n) is 3.75. The predicted octanol–water partition coefficient (Wildman–Crippen LogP) is 1.46. The van der Waals surface area contributed by atoms with Gasteiger partial charge in [0.15, 0.2) is 0 Å². The third-order valence-corrected chi connectivity index (χ3v) is 3.75. The van der Waals surface area contributed by atoms with Crippen LogP contribution in [0.5, 0.6) is 0 Å². The van der Waals surface area contributed by atoms with Crippen LogP contribution in [-0.4, -0.2) is 48.4 Å². The summed E-state index contributed by atoms with van der Waals surface area (Å²) in [4.78, 5) is 16.3. The molecule has 2 rings (SSSR count). The van der Waals surface area contributed by atoms with Crippen molar-refractivity contribution in [3.63, 3.8) is 0 Å². The fraction of sp³-hybridized carbons (Fsp3) is 0.562. The highest BCUT2D eigenvalue weighted by molar-refractivity contribution is 5.78. The second kappa shape index (κ2) is 7.41. The molecule has 0 unspecified atom stereocenters. The molecule has 1 saturated carbocycles. The van der Waals surface area contributed by atoms with Gasteiger partial charge in [-0.15, -0.1) is 0 Å². The van der Waals surface area contributed by atoms with Gasteiger partial charge < -0.3 is 10.6 Å². The van der Waals surface area contributed by atoms with Crippen molar-refractivity contribution in [1.82, 2.24) is 9.80 Å². The molecule has 1 aromatic rings. The Labute approximate surface area is 121 Å². The number of carbonyl (C=O) groups excluding carboxylic acids is 1. The average molecular weight is 275 g/mol. The summed E-state index contributed by atoms with van der Waals surface area (Å²) in [5, 5.41) is 0. The van der Waals surface area contributed by atoms with Crippen LogP contribution >= 0.6 is 0 Å². The van der Waals surface area contributed by atoms with Crippen molar-refractivity contribution in [3.8, 4) is 0 Å². The van der Waals surface area contributed by atoms with Crippen molar-refractivity contribution < 1.29 is 4.79 Å². The van der Waals surface area contributed by atoms with Crippen LogP contribution < -0.4 is 5.73 Å². The fourth-order valence-electron chi connectivity index (χ4n) is 2.32. The van der Waals surface area contributed by atoms with Crippen LogP contribution in [0, 0.1) is 0 Å². The molecular weight excluding hydrogens is 250 g/mol. The van der Waals surface area contributed by atoms with E-state index in [9.17, 15) is 4.79 Å². The summed E-state index contributed by atoms with van der Waals surface area (Å²) in [6.45, 7) is 2.76. The van der Waals surface area contributed by atoms with Crippen LogP contribution in [0.4, 0.5) is 0 Å². The molecule has 110 valence electrons. The summed E-state index contributed by atoms with van der Waals surface area (Å²) in [5.74, 6) is 0.196. The van der Waals surface area contributed by atoms with Gasteiger partial charge in [0.25, 0.3) is 0 Å². The number of carbonyl (C=O) groups is 1. The highest BCUT2D eigenvalue weighted by atomic mass is 16.2. The van der Waals surface area contributed by atoms with E-state index in [0.29, 0.717) is 19.1 Å². The summed E-state index contributed by atoms with van der Waals surface area (Å²) >= 11 is 0. The molecule has 0 saturated heterocycles. The maximum absolute atomic E-state index is 12.2. The number of nitrogens with two attached hydrogens (primary N) is 1. The number of amides is 1. The second-order valence-electron chi connectivity index (χ2n) is 5.58. The lowest BCUT2D eigenvalue weighted by Crippen LogP contribution is -2.39. The van der Waals surface area contributed by atoms with Gasteiger partial charge in [-0.2, -0.15) is 0 Å². The van der Waals surface area contributed by atoms with Crippen molar-refractivity contribution in [1.29, 1.82) is 0 Å². The Balaban J connectivity index is 1.87. The van der Waals surface area contributed by atoms with E-state index in [0.717, 1.165) is 19.5 Å². The molecule has 0 aromatic heterocycles. The van der Waals surface area contributed by atoms with E-state index < -0.39 is 0 Å². The van der Waals surface area contributed by atoms with Gasteiger partial charge in [0.05, 0.1) is 6.54 Å². The SMILES string of the molecule is CN(CCCN)C(=O)CN(Cc1ccccc1)C1CC1. The normalized spacial score (nSPS) is 14.6. The van der Waals surface area contributed by atoms with E-state index in [1.54, 1.807) is 4.90 Å². The van der Waals surface area contributed by atoms with Crippen LogP contribution in [0.1, 0.15) is 24.8 Å². The first kappa shape index (κ1) is 15.0. The van der Waals surface area contributed by atoms with Crippen molar-refractivity contribution in [2.45, 2.75) is 31.8 Å². The second-order valence-corrected chi connectivity index (χ2v) is 5.58. The largest absolute Gasteiger partial charge is 0.345 e. The summed E-state index contributed by atoms with van der Waals surface area (Å²) in [5.41, 5.74) is 6.77. The van der Waals surface area contributed by atoms with E-state index >= 15 is 0 Å². The van der Waals surface area contributed by atoms with Gasteiger partial charge in [0.2, 0.25) is 5.91 Å². The molecule has 1 fully saturated rings. The Morgan fingerprint density at radius 3 is 2.60 bits per heavy atom. The lowest BCUT2D eigenvalue weighted by Gasteiger charge is -2.25. The molecule has 1 aromatic carbocycles. The van der Waals surface area contributed by atoms with Gasteiger partial charge in [-0.05, 0) is 31.4 Å². The van der Waals surface area contributed by atoms with Gasteiger partial charge in [-0.1, -0.05) is 30.3 Å². The number of likely N-dealkylation sites (N-methyl/N-ethyl adjacent to an activating group) is 1. The monoisotopic (exact) mass is 275 g/mol. The third kappa shape index (κ3) is 4.62. The first-order valence-corrected chi connectivity index (χ1v) is 7.42. The molecule has 20 heavy (non-hydrogen) atoms. The van der Waals surface area contributed by atoms with E-state index in [2.05, 4.69) is 29.2 Å². The predicted molar refractivity (Wildman–Crippen MR) is 81.2 cm³/mol. The van der Waals surface area contributed by atoms with E-state index in [1.165, 1.54) is 18.4 Å². The number of nitrogens with zero attached hydrogens (tertiary/aromatic N) is 2. The number of rotatable bonds is 8. The minimum Gasteiger partial charge on any atom is -0.345 e. The van der Waals surface area contributed by atoms with Crippen molar-refractivity contribution >= 4 is 5.91 Å². The average Bonchev–Trinajstić information content (AvgIpc) is 3.29. The Morgan fingerprint density at radius 1 is 1.30 bits per heavy atom. The Kier molecular flexibility index (Phi) is 5.56. The Hall–Kier alpha value is -1.39. The van der Waals surface area contributed by atoms with E-state index in [1.807, 2.05) is 13.1 Å². The molecule has 1 aliphatic carbocycles. The standard InChI is InChI=1S/C16H25N3O/c1-18(11-5-10-17)16(20)13-19(15-8-9-15)12-14-6-3-2-4-7-14/h2-4,6-7,15H,5,8-13,17H2,1H3. The molecule has 4 heteroatoms. The van der Waals surface area contributed by atoms with E-state index in [4.69, 9.17) is 5.73 Å². The smallest absolute Gasteiger partial charge is 0.236 e. The summed E-state index contributed by atoms with van der Waals surface area (Å²) in [7, 11) is 1.87. The van der Waals surface area contributed by atoms with Crippen LogP contribution in [0.2, 0.25) is 0 Å². The number of hydrogen-bond acceptors (Lipinski definition) is 3. The first-order valence-electron chi connectivity index (χ1n) is 7.42. The molecular formula is C16H25N3O. The summed E-state index contributed by atoms with van der Waals surface area (Å²) in [6, 6.07) is 11.0. The van der Waals surface area contributed by atoms with Crippen molar-refractivity contribution in [2.24, 2.45) is 5.73 Å². The van der Waals surface area contributed by atoms with Crippen LogP contribution in [0.3, 0.4) is 0 Å². The van der Waals surface area contributed by atoms with Gasteiger partial charge in [0, 0.05) is 26.2 Å². The van der Waals surface area contributed by atoms with Crippen LogP contribution in [0.15, 0.2) is 30.3 Å². The zero-order valence-electron chi connectivity index (χ0n) is 12.3. The maximum atomic E-state index is 12.2. The molecule has 1 aliphatic rings. The first-order chi connectivity index (χ1) is 9.70. The highest BCUT2D eigenvalue weighted by Crippen LogP contribution is 2.28. The quantitative estimate of drug-likeness (QED) is 0.781. The Bertz CT molecular complexity index is 417. The summed E-state index contributed by atoms with van der Waals surface area (Å²) in [6.07, 6.45) is 3.30. The summed E-state index contributed by atoms with van der Waals surface area (Å²) < 4.78 is 0. The minimum absolute atomic E-state index is 0.196. The molecule has 2 N–H and O–H groups in total. The lowest BCUT2D eigenvalue weighted by molar-refractivity contribution is -0.131. The molecule has 0 atom stereocenters. The zero-order valence-corrected chi connectivity index (χ0v) is 12.3. The van der Waals surface area contributed by atoms with Gasteiger partial charge >= 0.3 is 0 Å². The van der Waals surface area contributed by atoms with Gasteiger partial charge in [0.1, 0.15) is 0 Å². The molecule has 0 heterocycles. The molecule has 1 amide bonds. The number of benzene rings is 1. The maximum Gasteiger partial charge on any atom is 0.236 e.